The fourth-order valence-corrected chi connectivity index (χ4v) is 1.86. The van der Waals surface area contributed by atoms with Crippen LogP contribution in [0.1, 0.15) is 25.1 Å². The molecule has 2 rings (SSSR count). The van der Waals surface area contributed by atoms with Crippen LogP contribution in [-0.2, 0) is 6.54 Å². The molecule has 0 unspecified atom stereocenters. The normalized spacial score (nSPS) is 11.3. The van der Waals surface area contributed by atoms with Crippen LogP contribution in [0.4, 0.5) is 4.39 Å². The van der Waals surface area contributed by atoms with Gasteiger partial charge in [-0.15, -0.1) is 0 Å². The fourth-order valence-electron chi connectivity index (χ4n) is 1.73. The first kappa shape index (κ1) is 14.0. The Hall–Kier alpha value is -1.39. The SMILES string of the molecule is Cc1nn(-c2ccc(CNC(C)C)cc2F)cc1Cl. The minimum atomic E-state index is -0.303. The number of halogens is 2. The van der Waals surface area contributed by atoms with Gasteiger partial charge in [0.25, 0.3) is 0 Å². The van der Waals surface area contributed by atoms with E-state index in [0.29, 0.717) is 29.0 Å². The average Bonchev–Trinajstić information content (AvgIpc) is 2.67. The summed E-state index contributed by atoms with van der Waals surface area (Å²) in [5, 5.41) is 7.96. The van der Waals surface area contributed by atoms with Crippen molar-refractivity contribution in [3.05, 3.63) is 46.5 Å². The average molecular weight is 282 g/mol. The standard InChI is InChI=1S/C14H17ClFN3/c1-9(2)17-7-11-4-5-14(13(16)6-11)19-8-12(15)10(3)18-19/h4-6,8-9,17H,7H2,1-3H3. The molecule has 1 N–H and O–H groups in total. The van der Waals surface area contributed by atoms with Gasteiger partial charge in [-0.05, 0) is 24.6 Å². The van der Waals surface area contributed by atoms with E-state index in [1.54, 1.807) is 19.2 Å². The predicted molar refractivity (Wildman–Crippen MR) is 75.2 cm³/mol. The van der Waals surface area contributed by atoms with Crippen LogP contribution >= 0.6 is 11.6 Å². The molecule has 3 nitrogen and oxygen atoms in total. The van der Waals surface area contributed by atoms with Gasteiger partial charge in [-0.1, -0.05) is 31.5 Å². The lowest BCUT2D eigenvalue weighted by atomic mass is 10.2. The maximum absolute atomic E-state index is 14.1. The van der Waals surface area contributed by atoms with Crippen LogP contribution in [0.3, 0.4) is 0 Å². The number of aryl methyl sites for hydroxylation is 1. The van der Waals surface area contributed by atoms with Gasteiger partial charge in [0, 0.05) is 18.8 Å². The van der Waals surface area contributed by atoms with Crippen molar-refractivity contribution in [3.63, 3.8) is 0 Å². The van der Waals surface area contributed by atoms with Gasteiger partial charge < -0.3 is 5.32 Å². The Morgan fingerprint density at radius 3 is 2.68 bits per heavy atom. The van der Waals surface area contributed by atoms with Gasteiger partial charge in [-0.2, -0.15) is 5.10 Å². The highest BCUT2D eigenvalue weighted by Gasteiger charge is 2.09. The van der Waals surface area contributed by atoms with Crippen molar-refractivity contribution in [2.24, 2.45) is 0 Å². The predicted octanol–water partition coefficient (Wildman–Crippen LogP) is 3.47. The van der Waals surface area contributed by atoms with Gasteiger partial charge in [-0.25, -0.2) is 9.07 Å². The second kappa shape index (κ2) is 5.72. The molecule has 0 aliphatic carbocycles. The molecule has 0 aliphatic rings. The van der Waals surface area contributed by atoms with Crippen molar-refractivity contribution in [2.75, 3.05) is 0 Å². The number of benzene rings is 1. The molecule has 0 radical (unpaired) electrons. The molecule has 0 fully saturated rings. The second-order valence-electron chi connectivity index (χ2n) is 4.83. The molecule has 19 heavy (non-hydrogen) atoms. The molecule has 1 aromatic heterocycles. The molecule has 0 saturated heterocycles. The monoisotopic (exact) mass is 281 g/mol. The van der Waals surface area contributed by atoms with Gasteiger partial charge in [0.2, 0.25) is 0 Å². The molecule has 0 atom stereocenters. The maximum atomic E-state index is 14.1. The van der Waals surface area contributed by atoms with Crippen LogP contribution in [-0.4, -0.2) is 15.8 Å². The summed E-state index contributed by atoms with van der Waals surface area (Å²) in [5.74, 6) is -0.303. The minimum absolute atomic E-state index is 0.303. The van der Waals surface area contributed by atoms with E-state index < -0.39 is 0 Å². The Kier molecular flexibility index (Phi) is 4.22. The van der Waals surface area contributed by atoms with Crippen molar-refractivity contribution < 1.29 is 4.39 Å². The third-order valence-electron chi connectivity index (χ3n) is 2.81. The zero-order chi connectivity index (χ0) is 14.0. The summed E-state index contributed by atoms with van der Waals surface area (Å²) in [6.07, 6.45) is 1.61. The number of rotatable bonds is 4. The first-order valence-electron chi connectivity index (χ1n) is 6.21. The Bertz CT molecular complexity index is 559. The van der Waals surface area contributed by atoms with E-state index in [-0.39, 0.29) is 5.82 Å². The number of hydrogen-bond acceptors (Lipinski definition) is 2. The highest BCUT2D eigenvalue weighted by Crippen LogP contribution is 2.19. The zero-order valence-corrected chi connectivity index (χ0v) is 12.0. The Morgan fingerprint density at radius 1 is 1.42 bits per heavy atom. The quantitative estimate of drug-likeness (QED) is 0.930. The first-order valence-corrected chi connectivity index (χ1v) is 6.59. The molecular weight excluding hydrogens is 265 g/mol. The van der Waals surface area contributed by atoms with E-state index >= 15 is 0 Å². The van der Waals surface area contributed by atoms with Gasteiger partial charge in [0.1, 0.15) is 11.5 Å². The van der Waals surface area contributed by atoms with Gasteiger partial charge in [-0.3, -0.25) is 0 Å². The van der Waals surface area contributed by atoms with E-state index in [9.17, 15) is 4.39 Å². The van der Waals surface area contributed by atoms with Crippen molar-refractivity contribution in [2.45, 2.75) is 33.4 Å². The van der Waals surface area contributed by atoms with E-state index in [1.165, 1.54) is 10.7 Å². The Balaban J connectivity index is 2.24. The van der Waals surface area contributed by atoms with Gasteiger partial charge in [0.15, 0.2) is 0 Å². The number of nitrogens with one attached hydrogen (secondary N) is 1. The maximum Gasteiger partial charge on any atom is 0.149 e. The van der Waals surface area contributed by atoms with Crippen LogP contribution < -0.4 is 5.32 Å². The van der Waals surface area contributed by atoms with Crippen LogP contribution in [0.5, 0.6) is 0 Å². The zero-order valence-electron chi connectivity index (χ0n) is 11.2. The van der Waals surface area contributed by atoms with E-state index in [0.717, 1.165) is 5.56 Å². The van der Waals surface area contributed by atoms with Crippen LogP contribution in [0, 0.1) is 12.7 Å². The van der Waals surface area contributed by atoms with Crippen LogP contribution in [0.2, 0.25) is 5.02 Å². The van der Waals surface area contributed by atoms with Crippen molar-refractivity contribution in [1.82, 2.24) is 15.1 Å². The second-order valence-corrected chi connectivity index (χ2v) is 5.24. The third-order valence-corrected chi connectivity index (χ3v) is 3.18. The van der Waals surface area contributed by atoms with E-state index in [4.69, 9.17) is 11.6 Å². The Labute approximate surface area is 117 Å². The largest absolute Gasteiger partial charge is 0.310 e. The number of nitrogens with zero attached hydrogens (tertiary/aromatic N) is 2. The molecule has 0 aliphatic heterocycles. The van der Waals surface area contributed by atoms with Gasteiger partial charge >= 0.3 is 0 Å². The fraction of sp³-hybridized carbons (Fsp3) is 0.357. The molecule has 102 valence electrons. The molecule has 5 heteroatoms. The minimum Gasteiger partial charge on any atom is -0.310 e. The van der Waals surface area contributed by atoms with E-state index in [1.807, 2.05) is 6.07 Å². The number of hydrogen-bond donors (Lipinski definition) is 1. The van der Waals surface area contributed by atoms with Crippen LogP contribution in [0.15, 0.2) is 24.4 Å². The summed E-state index contributed by atoms with van der Waals surface area (Å²) in [6, 6.07) is 5.50. The summed E-state index contributed by atoms with van der Waals surface area (Å²) in [4.78, 5) is 0. The van der Waals surface area contributed by atoms with Crippen molar-refractivity contribution >= 4 is 11.6 Å². The molecular formula is C14H17ClFN3. The summed E-state index contributed by atoms with van der Waals surface area (Å²) < 4.78 is 15.5. The topological polar surface area (TPSA) is 29.9 Å². The van der Waals surface area contributed by atoms with Crippen LogP contribution in [0.25, 0.3) is 5.69 Å². The Morgan fingerprint density at radius 2 is 2.16 bits per heavy atom. The van der Waals surface area contributed by atoms with Crippen molar-refractivity contribution in [1.29, 1.82) is 0 Å². The first-order chi connectivity index (χ1) is 8.97. The summed E-state index contributed by atoms with van der Waals surface area (Å²) in [7, 11) is 0. The highest BCUT2D eigenvalue weighted by molar-refractivity contribution is 6.31. The lowest BCUT2D eigenvalue weighted by Gasteiger charge is -2.09. The lowest BCUT2D eigenvalue weighted by molar-refractivity contribution is 0.578. The van der Waals surface area contributed by atoms with Crippen molar-refractivity contribution in [3.8, 4) is 5.69 Å². The van der Waals surface area contributed by atoms with E-state index in [2.05, 4.69) is 24.3 Å². The molecule has 2 aromatic rings. The summed E-state index contributed by atoms with van der Waals surface area (Å²) in [6.45, 7) is 6.55. The molecule has 0 bridgehead atoms. The summed E-state index contributed by atoms with van der Waals surface area (Å²) in [5.41, 5.74) is 2.00. The van der Waals surface area contributed by atoms with Gasteiger partial charge in [0.05, 0.1) is 10.7 Å². The molecule has 0 saturated carbocycles. The molecule has 0 spiro atoms. The highest BCUT2D eigenvalue weighted by atomic mass is 35.5. The number of aromatic nitrogens is 2. The molecule has 1 aromatic carbocycles. The molecule has 1 heterocycles. The lowest BCUT2D eigenvalue weighted by Crippen LogP contribution is -2.21. The smallest absolute Gasteiger partial charge is 0.149 e. The molecule has 0 amide bonds. The summed E-state index contributed by atoms with van der Waals surface area (Å²) >= 11 is 5.93. The third kappa shape index (κ3) is 3.33.